The fraction of sp³-hybridized carbons (Fsp3) is 0.316. The molecule has 0 unspecified atom stereocenters. The number of aromatic hydroxyl groups is 1. The van der Waals surface area contributed by atoms with E-state index in [1.807, 2.05) is 22.8 Å². The lowest BCUT2D eigenvalue weighted by Gasteiger charge is -2.28. The summed E-state index contributed by atoms with van der Waals surface area (Å²) in [5.74, 6) is 1.11. The van der Waals surface area contributed by atoms with Crippen LogP contribution in [0.3, 0.4) is 0 Å². The van der Waals surface area contributed by atoms with Crippen molar-refractivity contribution >= 4 is 11.3 Å². The molecule has 1 aliphatic heterocycles. The van der Waals surface area contributed by atoms with E-state index in [0.717, 1.165) is 54.2 Å². The van der Waals surface area contributed by atoms with Crippen molar-refractivity contribution in [3.63, 3.8) is 0 Å². The van der Waals surface area contributed by atoms with Crippen molar-refractivity contribution in [1.29, 1.82) is 5.26 Å². The highest BCUT2D eigenvalue weighted by molar-refractivity contribution is 5.74. The monoisotopic (exact) mass is 333 g/mol. The summed E-state index contributed by atoms with van der Waals surface area (Å²) in [4.78, 5) is 7.18. The van der Waals surface area contributed by atoms with Gasteiger partial charge in [-0.1, -0.05) is 12.1 Å². The lowest BCUT2D eigenvalue weighted by Crippen LogP contribution is -2.30. The van der Waals surface area contributed by atoms with Gasteiger partial charge >= 0.3 is 0 Å². The molecule has 1 fully saturated rings. The molecule has 0 aliphatic carbocycles. The number of phenols is 1. The van der Waals surface area contributed by atoms with Crippen molar-refractivity contribution in [2.75, 3.05) is 18.0 Å². The molecule has 0 spiro atoms. The lowest BCUT2D eigenvalue weighted by molar-refractivity contribution is 0.475. The van der Waals surface area contributed by atoms with Gasteiger partial charge in [-0.25, -0.2) is 9.50 Å². The fourth-order valence-corrected chi connectivity index (χ4v) is 3.34. The topological polar surface area (TPSA) is 77.5 Å². The van der Waals surface area contributed by atoms with Gasteiger partial charge in [-0.05, 0) is 37.5 Å². The van der Waals surface area contributed by atoms with Gasteiger partial charge in [0.1, 0.15) is 11.3 Å². The molecular weight excluding hydrogens is 314 g/mol. The number of anilines is 1. The third-order valence-electron chi connectivity index (χ3n) is 4.54. The van der Waals surface area contributed by atoms with E-state index in [2.05, 4.69) is 16.1 Å². The number of nitriles is 1. The number of piperidine rings is 1. The second-order valence-corrected chi connectivity index (χ2v) is 6.35. The van der Waals surface area contributed by atoms with Crippen LogP contribution in [-0.2, 0) is 6.42 Å². The van der Waals surface area contributed by atoms with E-state index in [9.17, 15) is 5.11 Å². The van der Waals surface area contributed by atoms with Crippen LogP contribution in [0.15, 0.2) is 36.5 Å². The Balaban J connectivity index is 1.88. The molecular formula is C19H19N5O. The molecule has 3 aromatic rings. The molecule has 0 radical (unpaired) electrons. The summed E-state index contributed by atoms with van der Waals surface area (Å²) < 4.78 is 1.81. The number of rotatable bonds is 3. The molecule has 126 valence electrons. The number of phenolic OH excluding ortho intramolecular Hbond substituents is 1. The first-order valence-corrected chi connectivity index (χ1v) is 8.55. The maximum Gasteiger partial charge on any atom is 0.155 e. The normalized spacial score (nSPS) is 14.6. The highest BCUT2D eigenvalue weighted by Crippen LogP contribution is 2.29. The second-order valence-electron chi connectivity index (χ2n) is 6.35. The maximum atomic E-state index is 9.78. The van der Waals surface area contributed by atoms with Crippen LogP contribution in [0, 0.1) is 11.3 Å². The Morgan fingerprint density at radius 1 is 1.16 bits per heavy atom. The van der Waals surface area contributed by atoms with Gasteiger partial charge in [-0.2, -0.15) is 10.4 Å². The first kappa shape index (κ1) is 15.5. The molecule has 2 aromatic heterocycles. The molecule has 0 bridgehead atoms. The third-order valence-corrected chi connectivity index (χ3v) is 4.54. The van der Waals surface area contributed by atoms with Crippen molar-refractivity contribution in [3.8, 4) is 23.1 Å². The first-order chi connectivity index (χ1) is 12.2. The molecule has 1 saturated heterocycles. The Kier molecular flexibility index (Phi) is 3.98. The zero-order chi connectivity index (χ0) is 17.2. The molecule has 1 N–H and O–H groups in total. The molecule has 25 heavy (non-hydrogen) atoms. The van der Waals surface area contributed by atoms with Crippen molar-refractivity contribution in [1.82, 2.24) is 14.6 Å². The number of fused-ring (bicyclic) bond motifs is 1. The third kappa shape index (κ3) is 3.01. The van der Waals surface area contributed by atoms with Crippen molar-refractivity contribution in [2.45, 2.75) is 25.7 Å². The number of hydrogen-bond acceptors (Lipinski definition) is 5. The quantitative estimate of drug-likeness (QED) is 0.796. The lowest BCUT2D eigenvalue weighted by atomic mass is 10.1. The Labute approximate surface area is 146 Å². The van der Waals surface area contributed by atoms with Crippen LogP contribution < -0.4 is 4.90 Å². The first-order valence-electron chi connectivity index (χ1n) is 8.55. The average molecular weight is 333 g/mol. The van der Waals surface area contributed by atoms with Crippen LogP contribution in [0.4, 0.5) is 5.82 Å². The summed E-state index contributed by atoms with van der Waals surface area (Å²) >= 11 is 0. The van der Waals surface area contributed by atoms with Crippen LogP contribution in [0.5, 0.6) is 5.75 Å². The van der Waals surface area contributed by atoms with Gasteiger partial charge < -0.3 is 10.0 Å². The minimum Gasteiger partial charge on any atom is -0.508 e. The summed E-state index contributed by atoms with van der Waals surface area (Å²) in [7, 11) is 0. The molecule has 1 aliphatic rings. The standard InChI is InChI=1S/C19H19N5O/c20-8-7-15-12-18-19(23-9-2-1-3-10-23)21-17(13-24(18)22-15)14-5-4-6-16(25)11-14/h4-6,11-13,25H,1-3,7,9-10H2. The van der Waals surface area contributed by atoms with Crippen molar-refractivity contribution in [3.05, 3.63) is 42.2 Å². The van der Waals surface area contributed by atoms with Gasteiger partial charge in [0.25, 0.3) is 0 Å². The zero-order valence-electron chi connectivity index (χ0n) is 13.9. The molecule has 6 heteroatoms. The molecule has 3 heterocycles. The van der Waals surface area contributed by atoms with Crippen LogP contribution in [0.2, 0.25) is 0 Å². The summed E-state index contributed by atoms with van der Waals surface area (Å²) in [6, 6.07) is 11.2. The molecule has 4 rings (SSSR count). The number of benzene rings is 1. The SMILES string of the molecule is N#CCc1cc2c(N3CCCCC3)nc(-c3cccc(O)c3)cn2n1. The maximum absolute atomic E-state index is 9.78. The van der Waals surface area contributed by atoms with Crippen molar-refractivity contribution in [2.24, 2.45) is 0 Å². The fourth-order valence-electron chi connectivity index (χ4n) is 3.34. The number of hydrogen-bond donors (Lipinski definition) is 1. The molecule has 0 amide bonds. The summed E-state index contributed by atoms with van der Waals surface area (Å²) in [6.07, 6.45) is 5.70. The number of aromatic nitrogens is 3. The van der Waals surface area contributed by atoms with Crippen LogP contribution in [0.25, 0.3) is 16.8 Å². The van der Waals surface area contributed by atoms with Gasteiger partial charge in [0.15, 0.2) is 5.82 Å². The Morgan fingerprint density at radius 3 is 2.76 bits per heavy atom. The van der Waals surface area contributed by atoms with E-state index in [1.54, 1.807) is 18.2 Å². The van der Waals surface area contributed by atoms with E-state index in [-0.39, 0.29) is 12.2 Å². The Hall–Kier alpha value is -3.07. The minimum absolute atomic E-state index is 0.213. The summed E-state index contributed by atoms with van der Waals surface area (Å²) in [5, 5.41) is 23.3. The number of nitrogens with zero attached hydrogens (tertiary/aromatic N) is 5. The smallest absolute Gasteiger partial charge is 0.155 e. The van der Waals surface area contributed by atoms with E-state index >= 15 is 0 Å². The molecule has 0 saturated carbocycles. The minimum atomic E-state index is 0.213. The molecule has 0 atom stereocenters. The van der Waals surface area contributed by atoms with E-state index in [0.29, 0.717) is 0 Å². The van der Waals surface area contributed by atoms with Gasteiger partial charge in [0.05, 0.1) is 30.1 Å². The highest BCUT2D eigenvalue weighted by Gasteiger charge is 2.19. The summed E-state index contributed by atoms with van der Waals surface area (Å²) in [5.41, 5.74) is 3.28. The largest absolute Gasteiger partial charge is 0.508 e. The van der Waals surface area contributed by atoms with Gasteiger partial charge in [0, 0.05) is 18.7 Å². The second kappa shape index (κ2) is 6.44. The van der Waals surface area contributed by atoms with Crippen LogP contribution >= 0.6 is 0 Å². The zero-order valence-corrected chi connectivity index (χ0v) is 13.9. The predicted molar refractivity (Wildman–Crippen MR) is 95.5 cm³/mol. The Bertz CT molecular complexity index is 950. The van der Waals surface area contributed by atoms with Crippen LogP contribution in [-0.4, -0.2) is 32.8 Å². The van der Waals surface area contributed by atoms with Gasteiger partial charge in [-0.3, -0.25) is 0 Å². The van der Waals surface area contributed by atoms with Gasteiger partial charge in [0.2, 0.25) is 0 Å². The van der Waals surface area contributed by atoms with E-state index in [1.165, 1.54) is 6.42 Å². The summed E-state index contributed by atoms with van der Waals surface area (Å²) in [6.45, 7) is 1.95. The van der Waals surface area contributed by atoms with Crippen LogP contribution in [0.1, 0.15) is 25.0 Å². The molecule has 1 aromatic carbocycles. The highest BCUT2D eigenvalue weighted by atomic mass is 16.3. The average Bonchev–Trinajstić information content (AvgIpc) is 3.04. The predicted octanol–water partition coefficient (Wildman–Crippen LogP) is 3.16. The Morgan fingerprint density at radius 2 is 2.00 bits per heavy atom. The van der Waals surface area contributed by atoms with E-state index < -0.39 is 0 Å². The molecule has 6 nitrogen and oxygen atoms in total. The van der Waals surface area contributed by atoms with Crippen molar-refractivity contribution < 1.29 is 5.11 Å². The van der Waals surface area contributed by atoms with Gasteiger partial charge in [-0.15, -0.1) is 0 Å². The van der Waals surface area contributed by atoms with E-state index in [4.69, 9.17) is 10.2 Å².